The summed E-state index contributed by atoms with van der Waals surface area (Å²) in [6.45, 7) is 2.61. The lowest BCUT2D eigenvalue weighted by Gasteiger charge is -2.23. The van der Waals surface area contributed by atoms with E-state index < -0.39 is 0 Å². The molecule has 1 aliphatic carbocycles. The van der Waals surface area contributed by atoms with E-state index in [0.717, 1.165) is 0 Å². The van der Waals surface area contributed by atoms with E-state index in [1.54, 1.807) is 23.1 Å². The van der Waals surface area contributed by atoms with Crippen LogP contribution in [0.5, 0.6) is 0 Å². The highest BCUT2D eigenvalue weighted by Gasteiger charge is 2.47. The molecule has 0 radical (unpaired) electrons. The molecule has 0 unspecified atom stereocenters. The lowest BCUT2D eigenvalue weighted by atomic mass is 9.85. The number of halogens is 1. The summed E-state index contributed by atoms with van der Waals surface area (Å²) >= 11 is 6.02. The third-order valence-electron chi connectivity index (χ3n) is 6.05. The number of aromatic nitrogens is 2. The van der Waals surface area contributed by atoms with E-state index in [9.17, 15) is 19.2 Å². The Kier molecular flexibility index (Phi) is 6.41. The van der Waals surface area contributed by atoms with Gasteiger partial charge in [0.05, 0.1) is 29.3 Å². The fourth-order valence-electron chi connectivity index (χ4n) is 4.43. The van der Waals surface area contributed by atoms with Crippen molar-refractivity contribution in [3.05, 3.63) is 51.6 Å². The maximum absolute atomic E-state index is 12.9. The fraction of sp³-hybridized carbons (Fsp3) is 0.435. The van der Waals surface area contributed by atoms with E-state index in [2.05, 4.69) is 9.97 Å². The van der Waals surface area contributed by atoms with Gasteiger partial charge in [-0.3, -0.25) is 24.1 Å². The van der Waals surface area contributed by atoms with Gasteiger partial charge in [0.1, 0.15) is 5.82 Å². The minimum atomic E-state index is -0.298. The molecule has 1 aliphatic heterocycles. The van der Waals surface area contributed by atoms with Gasteiger partial charge < -0.3 is 9.88 Å². The molecule has 2 heterocycles. The van der Waals surface area contributed by atoms with E-state index in [4.69, 9.17) is 11.6 Å². The maximum Gasteiger partial charge on any atom is 0.258 e. The van der Waals surface area contributed by atoms with Gasteiger partial charge in [0, 0.05) is 24.5 Å². The summed E-state index contributed by atoms with van der Waals surface area (Å²) in [6, 6.07) is 4.85. The normalized spacial score (nSPS) is 20.1. The zero-order valence-corrected chi connectivity index (χ0v) is 18.6. The summed E-state index contributed by atoms with van der Waals surface area (Å²) in [7, 11) is 0. The molecule has 1 N–H and O–H groups in total. The van der Waals surface area contributed by atoms with Gasteiger partial charge in [-0.2, -0.15) is 0 Å². The molecule has 9 heteroatoms. The number of hydrogen-bond donors (Lipinski definition) is 1. The van der Waals surface area contributed by atoms with Gasteiger partial charge in [-0.1, -0.05) is 30.7 Å². The van der Waals surface area contributed by atoms with E-state index in [0.29, 0.717) is 47.6 Å². The number of fused-ring (bicyclic) bond motifs is 2. The number of carbonyl (C=O) groups is 3. The van der Waals surface area contributed by atoms with Crippen molar-refractivity contribution in [1.82, 2.24) is 19.8 Å². The molecule has 1 saturated heterocycles. The monoisotopic (exact) mass is 456 g/mol. The molecule has 1 aromatic carbocycles. The Morgan fingerprint density at radius 2 is 1.88 bits per heavy atom. The van der Waals surface area contributed by atoms with Crippen LogP contribution >= 0.6 is 11.6 Å². The van der Waals surface area contributed by atoms with Crippen molar-refractivity contribution in [2.75, 3.05) is 13.1 Å². The molecule has 0 bridgehead atoms. The lowest BCUT2D eigenvalue weighted by Crippen LogP contribution is -2.38. The Labute approximate surface area is 190 Å². The Balaban J connectivity index is 1.45. The standard InChI is InChI=1S/C23H25ClN4O4/c1-2-10-27(13-19-25-18-12-14(24)7-8-17(18)21(30)26-19)20(29)9-11-28-22(31)15-5-3-4-6-16(15)23(28)32/h3-4,7-8,12,15-16H,2,5-6,9-11,13H2,1H3,(H,25,26,30)/t15-,16-/m0/s1. The number of nitrogens with zero attached hydrogens (tertiary/aromatic N) is 3. The van der Waals surface area contributed by atoms with E-state index in [-0.39, 0.29) is 54.6 Å². The van der Waals surface area contributed by atoms with Crippen molar-refractivity contribution in [2.24, 2.45) is 11.8 Å². The summed E-state index contributed by atoms with van der Waals surface area (Å²) in [4.78, 5) is 60.6. The summed E-state index contributed by atoms with van der Waals surface area (Å²) in [5, 5.41) is 0.896. The van der Waals surface area contributed by atoms with Crippen molar-refractivity contribution >= 4 is 40.2 Å². The Morgan fingerprint density at radius 1 is 1.19 bits per heavy atom. The highest BCUT2D eigenvalue weighted by atomic mass is 35.5. The van der Waals surface area contributed by atoms with Crippen molar-refractivity contribution in [1.29, 1.82) is 0 Å². The number of H-pyrrole nitrogens is 1. The quantitative estimate of drug-likeness (QED) is 0.509. The summed E-state index contributed by atoms with van der Waals surface area (Å²) in [6.07, 6.45) is 5.78. The second kappa shape index (κ2) is 9.24. The first-order chi connectivity index (χ1) is 15.4. The number of amides is 3. The zero-order chi connectivity index (χ0) is 22.8. The van der Waals surface area contributed by atoms with Crippen LogP contribution in [0.4, 0.5) is 0 Å². The SMILES string of the molecule is CCCN(Cc1nc2cc(Cl)ccc2c(=O)[nH]1)C(=O)CCN1C(=O)[C@H]2CC=CC[C@@H]2C1=O. The minimum Gasteiger partial charge on any atom is -0.335 e. The average Bonchev–Trinajstić information content (AvgIpc) is 3.01. The van der Waals surface area contributed by atoms with E-state index >= 15 is 0 Å². The van der Waals surface area contributed by atoms with Crippen LogP contribution in [0.2, 0.25) is 5.02 Å². The topological polar surface area (TPSA) is 103 Å². The molecule has 1 aromatic heterocycles. The molecular formula is C23H25ClN4O4. The summed E-state index contributed by atoms with van der Waals surface area (Å²) in [5.41, 5.74) is 0.166. The molecule has 1 fully saturated rings. The number of nitrogens with one attached hydrogen (secondary N) is 1. The minimum absolute atomic E-state index is 0.0357. The van der Waals surface area contributed by atoms with Crippen LogP contribution in [-0.2, 0) is 20.9 Å². The Bertz CT molecular complexity index is 1130. The van der Waals surface area contributed by atoms with Gasteiger partial charge in [-0.15, -0.1) is 0 Å². The number of aromatic amines is 1. The number of likely N-dealkylation sites (tertiary alicyclic amines) is 1. The van der Waals surface area contributed by atoms with Crippen molar-refractivity contribution in [2.45, 2.75) is 39.2 Å². The first kappa shape index (κ1) is 22.2. The third-order valence-corrected chi connectivity index (χ3v) is 6.29. The molecule has 32 heavy (non-hydrogen) atoms. The van der Waals surface area contributed by atoms with Crippen molar-refractivity contribution < 1.29 is 14.4 Å². The predicted molar refractivity (Wildman–Crippen MR) is 120 cm³/mol. The van der Waals surface area contributed by atoms with Crippen LogP contribution in [-0.4, -0.2) is 50.6 Å². The van der Waals surface area contributed by atoms with Crippen LogP contribution in [0.1, 0.15) is 38.4 Å². The molecule has 4 rings (SSSR count). The molecule has 8 nitrogen and oxygen atoms in total. The average molecular weight is 457 g/mol. The fourth-order valence-corrected chi connectivity index (χ4v) is 4.60. The van der Waals surface area contributed by atoms with Crippen LogP contribution in [0.25, 0.3) is 10.9 Å². The van der Waals surface area contributed by atoms with Gasteiger partial charge in [-0.25, -0.2) is 4.98 Å². The first-order valence-electron chi connectivity index (χ1n) is 10.9. The van der Waals surface area contributed by atoms with Crippen LogP contribution in [0, 0.1) is 11.8 Å². The zero-order valence-electron chi connectivity index (χ0n) is 17.8. The second-order valence-electron chi connectivity index (χ2n) is 8.22. The highest BCUT2D eigenvalue weighted by molar-refractivity contribution is 6.31. The van der Waals surface area contributed by atoms with Crippen LogP contribution < -0.4 is 5.56 Å². The smallest absolute Gasteiger partial charge is 0.258 e. The number of rotatable bonds is 7. The largest absolute Gasteiger partial charge is 0.335 e. The van der Waals surface area contributed by atoms with Gasteiger partial charge >= 0.3 is 0 Å². The van der Waals surface area contributed by atoms with Crippen LogP contribution in [0.3, 0.4) is 0 Å². The maximum atomic E-state index is 12.9. The molecule has 0 saturated carbocycles. The summed E-state index contributed by atoms with van der Waals surface area (Å²) < 4.78 is 0. The number of allylic oxidation sites excluding steroid dienone is 2. The van der Waals surface area contributed by atoms with Gasteiger partial charge in [0.2, 0.25) is 17.7 Å². The number of imide groups is 1. The molecule has 0 spiro atoms. The second-order valence-corrected chi connectivity index (χ2v) is 8.66. The lowest BCUT2D eigenvalue weighted by molar-refractivity contribution is -0.141. The van der Waals surface area contributed by atoms with E-state index in [1.807, 2.05) is 19.1 Å². The molecular weight excluding hydrogens is 432 g/mol. The van der Waals surface area contributed by atoms with Crippen molar-refractivity contribution in [3.63, 3.8) is 0 Å². The Morgan fingerprint density at radius 3 is 2.53 bits per heavy atom. The van der Waals surface area contributed by atoms with E-state index in [1.165, 1.54) is 4.90 Å². The van der Waals surface area contributed by atoms with Crippen LogP contribution in [0.15, 0.2) is 35.1 Å². The summed E-state index contributed by atoms with van der Waals surface area (Å²) in [5.74, 6) is -0.805. The molecule has 2 atom stereocenters. The molecule has 2 aliphatic rings. The number of benzene rings is 1. The number of hydrogen-bond acceptors (Lipinski definition) is 5. The molecule has 3 amide bonds. The number of carbonyl (C=O) groups excluding carboxylic acids is 3. The molecule has 2 aromatic rings. The van der Waals surface area contributed by atoms with Gasteiger partial charge in [-0.05, 0) is 37.5 Å². The van der Waals surface area contributed by atoms with Crippen molar-refractivity contribution in [3.8, 4) is 0 Å². The van der Waals surface area contributed by atoms with Gasteiger partial charge in [0.15, 0.2) is 0 Å². The first-order valence-corrected chi connectivity index (χ1v) is 11.2. The van der Waals surface area contributed by atoms with Gasteiger partial charge in [0.25, 0.3) is 5.56 Å². The third kappa shape index (κ3) is 4.32. The highest BCUT2D eigenvalue weighted by Crippen LogP contribution is 2.35. The molecule has 168 valence electrons. The predicted octanol–water partition coefficient (Wildman–Crippen LogP) is 2.66. The Hall–Kier alpha value is -3.00.